The molecule has 0 atom stereocenters. The second-order valence-electron chi connectivity index (χ2n) is 6.55. The number of allylic oxidation sites excluding steroid dienone is 2. The maximum atomic E-state index is 9.00. The van der Waals surface area contributed by atoms with Gasteiger partial charge in [0.15, 0.2) is 5.82 Å². The average Bonchev–Trinajstić information content (AvgIpc) is 3.37. The van der Waals surface area contributed by atoms with Crippen LogP contribution in [0.2, 0.25) is 0 Å². The van der Waals surface area contributed by atoms with Crippen molar-refractivity contribution in [2.75, 3.05) is 25.1 Å². The summed E-state index contributed by atoms with van der Waals surface area (Å²) >= 11 is 0. The highest BCUT2D eigenvalue weighted by atomic mass is 16.5. The molecule has 4 rings (SSSR count). The van der Waals surface area contributed by atoms with E-state index in [-0.39, 0.29) is 18.9 Å². The molecular formula is C20H22N8O2. The van der Waals surface area contributed by atoms with Gasteiger partial charge in [-0.3, -0.25) is 5.41 Å². The van der Waals surface area contributed by atoms with Gasteiger partial charge in [-0.15, -0.1) is 5.10 Å². The zero-order valence-corrected chi connectivity index (χ0v) is 16.2. The highest BCUT2D eigenvalue weighted by molar-refractivity contribution is 6.22. The van der Waals surface area contributed by atoms with Crippen molar-refractivity contribution in [2.24, 2.45) is 10.7 Å². The Balaban J connectivity index is 1.67. The van der Waals surface area contributed by atoms with E-state index >= 15 is 0 Å². The highest BCUT2D eigenvalue weighted by Gasteiger charge is 2.18. The number of aromatic nitrogens is 4. The molecule has 0 radical (unpaired) electrons. The van der Waals surface area contributed by atoms with Crippen molar-refractivity contribution in [1.82, 2.24) is 19.2 Å². The Labute approximate surface area is 172 Å². The van der Waals surface area contributed by atoms with Gasteiger partial charge in [-0.2, -0.15) is 0 Å². The van der Waals surface area contributed by atoms with Gasteiger partial charge in [0.1, 0.15) is 18.1 Å². The zero-order chi connectivity index (χ0) is 20.9. The molecule has 0 saturated heterocycles. The maximum Gasteiger partial charge on any atom is 0.175 e. The minimum atomic E-state index is -0.144. The second kappa shape index (κ2) is 8.62. The van der Waals surface area contributed by atoms with Gasteiger partial charge in [-0.1, -0.05) is 6.07 Å². The van der Waals surface area contributed by atoms with Crippen LogP contribution in [-0.2, 0) is 11.3 Å². The van der Waals surface area contributed by atoms with Gasteiger partial charge in [0.05, 0.1) is 35.6 Å². The number of hydrogen-bond donors (Lipinski definition) is 4. The Morgan fingerprint density at radius 1 is 1.27 bits per heavy atom. The van der Waals surface area contributed by atoms with Gasteiger partial charge in [0.2, 0.25) is 0 Å². The van der Waals surface area contributed by atoms with Crippen LogP contribution in [0.15, 0.2) is 71.7 Å². The van der Waals surface area contributed by atoms with Crippen LogP contribution in [0.25, 0.3) is 5.52 Å². The Bertz CT molecular complexity index is 1140. The molecule has 3 aromatic heterocycles. The van der Waals surface area contributed by atoms with E-state index in [1.54, 1.807) is 23.1 Å². The first-order valence-electron chi connectivity index (χ1n) is 9.43. The highest BCUT2D eigenvalue weighted by Crippen LogP contribution is 2.31. The minimum Gasteiger partial charge on any atom is -0.489 e. The van der Waals surface area contributed by atoms with Crippen molar-refractivity contribution in [3.8, 4) is 0 Å². The average molecular weight is 406 g/mol. The molecule has 1 aliphatic rings. The van der Waals surface area contributed by atoms with Crippen molar-refractivity contribution in [3.05, 3.63) is 66.7 Å². The molecule has 1 aliphatic carbocycles. The first kappa shape index (κ1) is 19.4. The summed E-state index contributed by atoms with van der Waals surface area (Å²) in [7, 11) is 0. The Hall–Kier alpha value is -3.92. The second-order valence-corrected chi connectivity index (χ2v) is 6.55. The Morgan fingerprint density at radius 3 is 2.97 bits per heavy atom. The Morgan fingerprint density at radius 2 is 2.17 bits per heavy atom. The van der Waals surface area contributed by atoms with E-state index in [1.807, 2.05) is 35.2 Å². The van der Waals surface area contributed by atoms with Gasteiger partial charge in [-0.05, 0) is 18.2 Å². The molecular weight excluding hydrogens is 384 g/mol. The summed E-state index contributed by atoms with van der Waals surface area (Å²) in [5.41, 5.74) is 8.53. The third kappa shape index (κ3) is 4.08. The third-order valence-corrected chi connectivity index (χ3v) is 4.45. The number of aliphatic hydroxyl groups is 1. The quantitative estimate of drug-likeness (QED) is 0.418. The molecule has 154 valence electrons. The lowest BCUT2D eigenvalue weighted by molar-refractivity contribution is 0.156. The van der Waals surface area contributed by atoms with Crippen molar-refractivity contribution in [3.63, 3.8) is 0 Å². The van der Waals surface area contributed by atoms with E-state index in [2.05, 4.69) is 15.4 Å². The Kier molecular flexibility index (Phi) is 5.57. The predicted octanol–water partition coefficient (Wildman–Crippen LogP) is 1.48. The van der Waals surface area contributed by atoms with Gasteiger partial charge < -0.3 is 25.5 Å². The van der Waals surface area contributed by atoms with Crippen LogP contribution in [0.5, 0.6) is 0 Å². The number of anilines is 1. The molecule has 0 fully saturated rings. The van der Waals surface area contributed by atoms with Crippen LogP contribution in [0.4, 0.5) is 11.5 Å². The summed E-state index contributed by atoms with van der Waals surface area (Å²) in [5, 5.41) is 24.9. The van der Waals surface area contributed by atoms with Gasteiger partial charge >= 0.3 is 0 Å². The van der Waals surface area contributed by atoms with Crippen LogP contribution < -0.4 is 11.1 Å². The number of pyridine rings is 1. The molecule has 0 saturated carbocycles. The number of imidazole rings is 1. The minimum absolute atomic E-state index is 0.0903. The topological polar surface area (TPSA) is 139 Å². The number of nitrogens with one attached hydrogen (secondary N) is 2. The molecule has 0 aromatic carbocycles. The fraction of sp³-hybridized carbons (Fsp3) is 0.200. The summed E-state index contributed by atoms with van der Waals surface area (Å²) in [5.74, 6) is 0.927. The molecule has 0 spiro atoms. The standard InChI is InChI=1S/C20H22N8O2/c21-14-11-15(22)18(30-10-9-29)12-16(14)25-19-17-3-1-2-6-28(17)26-20(19)24-5-8-27-7-4-23-13-27/h1-4,6-7,11-13,22,29H,5,8-10,21H2,(H,24,26)/b22-15?,25-16+. The summed E-state index contributed by atoms with van der Waals surface area (Å²) in [4.78, 5) is 8.78. The van der Waals surface area contributed by atoms with Crippen LogP contribution in [0, 0.1) is 5.41 Å². The van der Waals surface area contributed by atoms with Crippen molar-refractivity contribution in [2.45, 2.75) is 6.54 Å². The molecule has 0 unspecified atom stereocenters. The van der Waals surface area contributed by atoms with Crippen LogP contribution in [-0.4, -0.2) is 55.5 Å². The van der Waals surface area contributed by atoms with Gasteiger partial charge in [-0.25, -0.2) is 14.5 Å². The molecule has 0 bridgehead atoms. The predicted molar refractivity (Wildman–Crippen MR) is 114 cm³/mol. The summed E-state index contributed by atoms with van der Waals surface area (Å²) in [6.07, 6.45) is 10.3. The number of rotatable bonds is 8. The van der Waals surface area contributed by atoms with E-state index in [1.165, 1.54) is 6.08 Å². The number of aliphatic hydroxyl groups excluding tert-OH is 1. The lowest BCUT2D eigenvalue weighted by atomic mass is 10.1. The van der Waals surface area contributed by atoms with Crippen molar-refractivity contribution < 1.29 is 9.84 Å². The molecule has 3 heterocycles. The van der Waals surface area contributed by atoms with Gasteiger partial charge in [0.25, 0.3) is 0 Å². The third-order valence-electron chi connectivity index (χ3n) is 4.45. The molecule has 3 aromatic rings. The molecule has 30 heavy (non-hydrogen) atoms. The van der Waals surface area contributed by atoms with Crippen LogP contribution >= 0.6 is 0 Å². The van der Waals surface area contributed by atoms with Crippen LogP contribution in [0.1, 0.15) is 0 Å². The van der Waals surface area contributed by atoms with E-state index in [4.69, 9.17) is 26.0 Å². The maximum absolute atomic E-state index is 9.00. The first-order chi connectivity index (χ1) is 14.7. The van der Waals surface area contributed by atoms with E-state index in [0.717, 1.165) is 12.1 Å². The smallest absolute Gasteiger partial charge is 0.175 e. The number of nitrogens with two attached hydrogens (primary N) is 1. The molecule has 10 heteroatoms. The molecule has 5 N–H and O–H groups in total. The van der Waals surface area contributed by atoms with E-state index < -0.39 is 0 Å². The normalized spacial score (nSPS) is 15.4. The largest absolute Gasteiger partial charge is 0.489 e. The molecule has 0 aliphatic heterocycles. The van der Waals surface area contributed by atoms with Crippen molar-refractivity contribution in [1.29, 1.82) is 5.41 Å². The van der Waals surface area contributed by atoms with Crippen molar-refractivity contribution >= 4 is 28.4 Å². The van der Waals surface area contributed by atoms with E-state index in [0.29, 0.717) is 35.2 Å². The number of fused-ring (bicyclic) bond motifs is 1. The molecule has 10 nitrogen and oxygen atoms in total. The number of aliphatic imine (C=N–C) groups is 1. The number of nitrogens with zero attached hydrogens (tertiary/aromatic N) is 5. The number of ether oxygens (including phenoxy) is 1. The lowest BCUT2D eigenvalue weighted by Gasteiger charge is -2.15. The van der Waals surface area contributed by atoms with E-state index in [9.17, 15) is 0 Å². The number of hydrogen-bond acceptors (Lipinski definition) is 8. The summed E-state index contributed by atoms with van der Waals surface area (Å²) in [6, 6.07) is 5.73. The fourth-order valence-electron chi connectivity index (χ4n) is 3.02. The van der Waals surface area contributed by atoms with Gasteiger partial charge in [0, 0.05) is 37.8 Å². The molecule has 0 amide bonds. The summed E-state index contributed by atoms with van der Waals surface area (Å²) in [6.45, 7) is 1.30. The fourth-order valence-corrected chi connectivity index (χ4v) is 3.02. The van der Waals surface area contributed by atoms with Crippen LogP contribution in [0.3, 0.4) is 0 Å². The SMILES string of the molecule is N=C1C=C(N)/C(=N/c2c(NCCn3ccnc3)nn3ccccc23)C=C1OCCO. The summed E-state index contributed by atoms with van der Waals surface area (Å²) < 4.78 is 9.14. The zero-order valence-electron chi connectivity index (χ0n) is 16.2. The lowest BCUT2D eigenvalue weighted by Crippen LogP contribution is -2.20. The first-order valence-corrected chi connectivity index (χ1v) is 9.43. The monoisotopic (exact) mass is 406 g/mol.